The van der Waals surface area contributed by atoms with E-state index in [-0.39, 0.29) is 11.7 Å². The van der Waals surface area contributed by atoms with E-state index in [4.69, 9.17) is 4.74 Å². The van der Waals surface area contributed by atoms with Crippen molar-refractivity contribution in [2.45, 2.75) is 25.5 Å². The summed E-state index contributed by atoms with van der Waals surface area (Å²) in [5, 5.41) is 15.4. The molecule has 0 spiro atoms. The molecular weight excluding hydrogens is 362 g/mol. The number of ether oxygens (including phenoxy) is 1. The van der Waals surface area contributed by atoms with Gasteiger partial charge in [-0.2, -0.15) is 4.68 Å². The third kappa shape index (κ3) is 4.65. The number of hydrogen-bond acceptors (Lipinski definition) is 6. The van der Waals surface area contributed by atoms with E-state index in [1.54, 1.807) is 11.8 Å². The fraction of sp³-hybridized carbons (Fsp3) is 0.263. The highest BCUT2D eigenvalue weighted by molar-refractivity contribution is 7.99. The van der Waals surface area contributed by atoms with E-state index in [9.17, 15) is 4.79 Å². The van der Waals surface area contributed by atoms with Crippen molar-refractivity contribution >= 4 is 17.7 Å². The summed E-state index contributed by atoms with van der Waals surface area (Å²) >= 11 is 1.30. The molecule has 0 aliphatic rings. The van der Waals surface area contributed by atoms with Gasteiger partial charge in [-0.3, -0.25) is 4.79 Å². The highest BCUT2D eigenvalue weighted by Gasteiger charge is 2.13. The number of rotatable bonds is 7. The summed E-state index contributed by atoms with van der Waals surface area (Å²) < 4.78 is 6.96. The van der Waals surface area contributed by atoms with Gasteiger partial charge in [0.25, 0.3) is 0 Å². The summed E-state index contributed by atoms with van der Waals surface area (Å²) in [5.74, 6) is 0.881. The summed E-state index contributed by atoms with van der Waals surface area (Å²) in [5.41, 5.74) is 4.03. The lowest BCUT2D eigenvalue weighted by atomic mass is 10.1. The normalized spacial score (nSPS) is 10.6. The van der Waals surface area contributed by atoms with Gasteiger partial charge in [0.1, 0.15) is 5.75 Å². The van der Waals surface area contributed by atoms with E-state index in [0.717, 1.165) is 28.1 Å². The Balaban J connectivity index is 1.62. The van der Waals surface area contributed by atoms with Gasteiger partial charge in [0.15, 0.2) is 0 Å². The van der Waals surface area contributed by atoms with Gasteiger partial charge in [0.05, 0.1) is 18.6 Å². The van der Waals surface area contributed by atoms with Crippen LogP contribution in [0.5, 0.6) is 5.75 Å². The molecule has 2 aromatic carbocycles. The molecule has 3 rings (SSSR count). The topological polar surface area (TPSA) is 81.9 Å². The zero-order valence-corrected chi connectivity index (χ0v) is 16.3. The van der Waals surface area contributed by atoms with Crippen molar-refractivity contribution < 1.29 is 9.53 Å². The lowest BCUT2D eigenvalue weighted by molar-refractivity contribution is -0.118. The Hall–Kier alpha value is -2.87. The maximum absolute atomic E-state index is 12.2. The molecule has 140 valence electrons. The van der Waals surface area contributed by atoms with Crippen LogP contribution in [0, 0.1) is 13.8 Å². The zero-order chi connectivity index (χ0) is 19.2. The van der Waals surface area contributed by atoms with Gasteiger partial charge in [-0.1, -0.05) is 42.1 Å². The molecule has 1 aromatic heterocycles. The monoisotopic (exact) mass is 383 g/mol. The average molecular weight is 383 g/mol. The Labute approximate surface area is 162 Å². The number of benzene rings is 2. The SMILES string of the molecule is COc1ccccc1CNC(=O)CSc1nnnn1-c1cc(C)ccc1C. The smallest absolute Gasteiger partial charge is 0.230 e. The van der Waals surface area contributed by atoms with Gasteiger partial charge in [-0.05, 0) is 47.5 Å². The molecule has 0 fully saturated rings. The molecule has 1 amide bonds. The van der Waals surface area contributed by atoms with E-state index in [1.807, 2.05) is 56.3 Å². The fourth-order valence-corrected chi connectivity index (χ4v) is 3.31. The Kier molecular flexibility index (Phi) is 6.08. The summed E-state index contributed by atoms with van der Waals surface area (Å²) in [6.45, 7) is 4.43. The summed E-state index contributed by atoms with van der Waals surface area (Å²) in [7, 11) is 1.61. The summed E-state index contributed by atoms with van der Waals surface area (Å²) in [6, 6.07) is 13.7. The van der Waals surface area contributed by atoms with Crippen LogP contribution in [0.3, 0.4) is 0 Å². The molecular formula is C19H21N5O2S. The third-order valence-electron chi connectivity index (χ3n) is 4.03. The molecule has 27 heavy (non-hydrogen) atoms. The number of aryl methyl sites for hydroxylation is 2. The van der Waals surface area contributed by atoms with E-state index in [2.05, 4.69) is 20.8 Å². The second-order valence-electron chi connectivity index (χ2n) is 6.04. The molecule has 0 saturated heterocycles. The second-order valence-corrected chi connectivity index (χ2v) is 6.98. The van der Waals surface area contributed by atoms with Crippen molar-refractivity contribution in [1.29, 1.82) is 0 Å². The number of thioether (sulfide) groups is 1. The minimum Gasteiger partial charge on any atom is -0.496 e. The minimum absolute atomic E-state index is 0.0959. The molecule has 0 aliphatic heterocycles. The molecule has 1 heterocycles. The quantitative estimate of drug-likeness (QED) is 0.632. The lowest BCUT2D eigenvalue weighted by Gasteiger charge is -2.10. The van der Waals surface area contributed by atoms with E-state index >= 15 is 0 Å². The molecule has 8 heteroatoms. The van der Waals surface area contributed by atoms with Crippen molar-refractivity contribution in [3.05, 3.63) is 59.2 Å². The predicted octanol–water partition coefficient (Wildman–Crippen LogP) is 2.70. The Morgan fingerprint density at radius 1 is 1.22 bits per heavy atom. The van der Waals surface area contributed by atoms with Crippen molar-refractivity contribution in [3.8, 4) is 11.4 Å². The maximum atomic E-state index is 12.2. The van der Waals surface area contributed by atoms with E-state index in [0.29, 0.717) is 11.7 Å². The molecule has 3 aromatic rings. The first-order valence-electron chi connectivity index (χ1n) is 8.46. The zero-order valence-electron chi connectivity index (χ0n) is 15.5. The van der Waals surface area contributed by atoms with Crippen molar-refractivity contribution in [2.24, 2.45) is 0 Å². The Bertz CT molecular complexity index is 941. The Morgan fingerprint density at radius 2 is 2.04 bits per heavy atom. The molecule has 0 radical (unpaired) electrons. The molecule has 1 N–H and O–H groups in total. The van der Waals surface area contributed by atoms with E-state index < -0.39 is 0 Å². The van der Waals surface area contributed by atoms with Crippen LogP contribution >= 0.6 is 11.8 Å². The fourth-order valence-electron chi connectivity index (χ4n) is 2.59. The van der Waals surface area contributed by atoms with Gasteiger partial charge in [0.2, 0.25) is 11.1 Å². The number of para-hydroxylation sites is 1. The van der Waals surface area contributed by atoms with Gasteiger partial charge in [0, 0.05) is 12.1 Å². The molecule has 0 unspecified atom stereocenters. The maximum Gasteiger partial charge on any atom is 0.230 e. The number of carbonyl (C=O) groups excluding carboxylic acids is 1. The summed E-state index contributed by atoms with van der Waals surface area (Å²) in [4.78, 5) is 12.2. The van der Waals surface area contributed by atoms with Gasteiger partial charge >= 0.3 is 0 Å². The van der Waals surface area contributed by atoms with Crippen molar-refractivity contribution in [3.63, 3.8) is 0 Å². The van der Waals surface area contributed by atoms with Crippen molar-refractivity contribution in [2.75, 3.05) is 12.9 Å². The van der Waals surface area contributed by atoms with Gasteiger partial charge < -0.3 is 10.1 Å². The molecule has 0 aliphatic carbocycles. The predicted molar refractivity (Wildman–Crippen MR) is 104 cm³/mol. The third-order valence-corrected chi connectivity index (χ3v) is 4.95. The highest BCUT2D eigenvalue weighted by atomic mass is 32.2. The number of hydrogen-bond donors (Lipinski definition) is 1. The second kappa shape index (κ2) is 8.68. The molecule has 0 atom stereocenters. The van der Waals surface area contributed by atoms with Crippen LogP contribution in [-0.2, 0) is 11.3 Å². The van der Waals surface area contributed by atoms with Crippen LogP contribution in [-0.4, -0.2) is 39.0 Å². The Morgan fingerprint density at radius 3 is 2.85 bits per heavy atom. The van der Waals surface area contributed by atoms with Crippen LogP contribution in [0.1, 0.15) is 16.7 Å². The first-order chi connectivity index (χ1) is 13.1. The van der Waals surface area contributed by atoms with Crippen LogP contribution in [0.25, 0.3) is 5.69 Å². The van der Waals surface area contributed by atoms with Crippen LogP contribution in [0.15, 0.2) is 47.6 Å². The number of carbonyl (C=O) groups is 1. The van der Waals surface area contributed by atoms with Crippen LogP contribution in [0.2, 0.25) is 0 Å². The van der Waals surface area contributed by atoms with Crippen molar-refractivity contribution in [1.82, 2.24) is 25.5 Å². The number of methoxy groups -OCH3 is 1. The first-order valence-corrected chi connectivity index (χ1v) is 9.44. The minimum atomic E-state index is -0.0959. The van der Waals surface area contributed by atoms with E-state index in [1.165, 1.54) is 11.8 Å². The van der Waals surface area contributed by atoms with Gasteiger partial charge in [-0.25, -0.2) is 0 Å². The number of nitrogens with one attached hydrogen (secondary N) is 1. The lowest BCUT2D eigenvalue weighted by Crippen LogP contribution is -2.25. The van der Waals surface area contributed by atoms with Crippen LogP contribution < -0.4 is 10.1 Å². The molecule has 0 bridgehead atoms. The number of nitrogens with zero attached hydrogens (tertiary/aromatic N) is 4. The first kappa shape index (κ1) is 18.9. The standard InChI is InChI=1S/C19H21N5O2S/c1-13-8-9-14(2)16(10-13)24-19(21-22-23-24)27-12-18(25)20-11-15-6-4-5-7-17(15)26-3/h4-10H,11-12H2,1-3H3,(H,20,25). The van der Waals surface area contributed by atoms with Gasteiger partial charge in [-0.15, -0.1) is 5.10 Å². The number of amides is 1. The summed E-state index contributed by atoms with van der Waals surface area (Å²) in [6.07, 6.45) is 0. The van der Waals surface area contributed by atoms with Crippen LogP contribution in [0.4, 0.5) is 0 Å². The number of aromatic nitrogens is 4. The highest BCUT2D eigenvalue weighted by Crippen LogP contribution is 2.22. The largest absolute Gasteiger partial charge is 0.496 e. The average Bonchev–Trinajstić information content (AvgIpc) is 3.15. The molecule has 0 saturated carbocycles. The molecule has 7 nitrogen and oxygen atoms in total. The number of tetrazole rings is 1.